The van der Waals surface area contributed by atoms with Crippen molar-refractivity contribution < 1.29 is 14.3 Å². The molecule has 7 nitrogen and oxygen atoms in total. The van der Waals surface area contributed by atoms with Crippen LogP contribution in [0.15, 0.2) is 42.6 Å². The summed E-state index contributed by atoms with van der Waals surface area (Å²) in [7, 11) is 1.64. The number of methoxy groups -OCH3 is 1. The van der Waals surface area contributed by atoms with Crippen LogP contribution in [-0.4, -0.2) is 55.3 Å². The molecule has 29 heavy (non-hydrogen) atoms. The molecule has 154 valence electrons. The highest BCUT2D eigenvalue weighted by molar-refractivity contribution is 5.90. The number of carbonyl (C=O) groups is 1. The molecule has 0 atom stereocenters. The Hall–Kier alpha value is -2.96. The van der Waals surface area contributed by atoms with Gasteiger partial charge >= 0.3 is 6.03 Å². The normalized spacial score (nSPS) is 17.3. The van der Waals surface area contributed by atoms with E-state index in [0.29, 0.717) is 24.6 Å². The maximum atomic E-state index is 12.7. The van der Waals surface area contributed by atoms with E-state index in [2.05, 4.69) is 15.2 Å². The van der Waals surface area contributed by atoms with Gasteiger partial charge in [-0.25, -0.2) is 9.78 Å². The Kier molecular flexibility index (Phi) is 6.03. The summed E-state index contributed by atoms with van der Waals surface area (Å²) in [5, 5.41) is 3.00. The third-order valence-corrected chi connectivity index (χ3v) is 5.55. The summed E-state index contributed by atoms with van der Waals surface area (Å²) < 4.78 is 11.6. The van der Waals surface area contributed by atoms with Crippen LogP contribution in [0.3, 0.4) is 0 Å². The first kappa shape index (κ1) is 19.4. The van der Waals surface area contributed by atoms with Crippen LogP contribution in [0, 0.1) is 0 Å². The van der Waals surface area contributed by atoms with E-state index in [0.717, 1.165) is 37.4 Å². The molecule has 2 fully saturated rings. The van der Waals surface area contributed by atoms with E-state index >= 15 is 0 Å². The fraction of sp³-hybridized carbons (Fsp3) is 0.455. The lowest BCUT2D eigenvalue weighted by atomic mass is 10.2. The highest BCUT2D eigenvalue weighted by Crippen LogP contribution is 2.34. The molecule has 1 aliphatic carbocycles. The van der Waals surface area contributed by atoms with E-state index in [4.69, 9.17) is 9.47 Å². The second-order valence-corrected chi connectivity index (χ2v) is 7.48. The van der Waals surface area contributed by atoms with Gasteiger partial charge in [0.05, 0.1) is 13.2 Å². The Bertz CT molecular complexity index is 816. The monoisotopic (exact) mass is 396 g/mol. The van der Waals surface area contributed by atoms with Gasteiger partial charge < -0.3 is 24.6 Å². The van der Waals surface area contributed by atoms with Crippen molar-refractivity contribution in [2.45, 2.75) is 31.8 Å². The van der Waals surface area contributed by atoms with E-state index in [1.165, 1.54) is 12.8 Å². The number of piperazine rings is 1. The molecule has 0 spiro atoms. The van der Waals surface area contributed by atoms with Crippen LogP contribution in [0.2, 0.25) is 0 Å². The largest absolute Gasteiger partial charge is 0.493 e. The topological polar surface area (TPSA) is 66.9 Å². The lowest BCUT2D eigenvalue weighted by molar-refractivity contribution is 0.201. The zero-order valence-electron chi connectivity index (χ0n) is 16.8. The van der Waals surface area contributed by atoms with Crippen molar-refractivity contribution in [3.8, 4) is 11.5 Å². The summed E-state index contributed by atoms with van der Waals surface area (Å²) in [4.78, 5) is 21.2. The smallest absolute Gasteiger partial charge is 0.321 e. The molecule has 7 heteroatoms. The van der Waals surface area contributed by atoms with Gasteiger partial charge in [0, 0.05) is 44.1 Å². The summed E-state index contributed by atoms with van der Waals surface area (Å²) in [6, 6.07) is 11.4. The number of anilines is 2. The van der Waals surface area contributed by atoms with Crippen LogP contribution in [0.4, 0.5) is 16.3 Å². The van der Waals surface area contributed by atoms with Gasteiger partial charge in [0.15, 0.2) is 11.5 Å². The van der Waals surface area contributed by atoms with Crippen LogP contribution in [0.25, 0.3) is 0 Å². The Balaban J connectivity index is 1.35. The number of hydrogen-bond donors (Lipinski definition) is 1. The quantitative estimate of drug-likeness (QED) is 0.833. The Labute approximate surface area is 171 Å². The second kappa shape index (κ2) is 9.03. The minimum atomic E-state index is -0.0948. The number of amides is 2. The van der Waals surface area contributed by atoms with E-state index in [-0.39, 0.29) is 12.1 Å². The van der Waals surface area contributed by atoms with E-state index in [9.17, 15) is 4.79 Å². The lowest BCUT2D eigenvalue weighted by Crippen LogP contribution is -2.50. The predicted octanol–water partition coefficient (Wildman–Crippen LogP) is 3.77. The van der Waals surface area contributed by atoms with Crippen LogP contribution in [0.5, 0.6) is 11.5 Å². The third kappa shape index (κ3) is 4.72. The zero-order valence-corrected chi connectivity index (χ0v) is 16.8. The fourth-order valence-corrected chi connectivity index (χ4v) is 3.91. The van der Waals surface area contributed by atoms with E-state index in [1.54, 1.807) is 13.3 Å². The van der Waals surface area contributed by atoms with Gasteiger partial charge in [0.25, 0.3) is 0 Å². The van der Waals surface area contributed by atoms with Crippen LogP contribution in [0.1, 0.15) is 25.7 Å². The van der Waals surface area contributed by atoms with Crippen molar-refractivity contribution in [2.75, 3.05) is 43.5 Å². The summed E-state index contributed by atoms with van der Waals surface area (Å²) in [5.41, 5.74) is 0.718. The van der Waals surface area contributed by atoms with Crippen LogP contribution in [-0.2, 0) is 0 Å². The molecular formula is C22H28N4O3. The number of nitrogens with one attached hydrogen (secondary N) is 1. The first-order valence-electron chi connectivity index (χ1n) is 10.3. The van der Waals surface area contributed by atoms with Crippen molar-refractivity contribution in [3.05, 3.63) is 42.6 Å². The number of aromatic nitrogens is 1. The molecule has 1 aromatic heterocycles. The van der Waals surface area contributed by atoms with Gasteiger partial charge in [-0.05, 0) is 49.9 Å². The highest BCUT2D eigenvalue weighted by Gasteiger charge is 2.23. The molecule has 2 heterocycles. The number of hydrogen-bond acceptors (Lipinski definition) is 5. The van der Waals surface area contributed by atoms with Crippen molar-refractivity contribution in [1.29, 1.82) is 0 Å². The summed E-state index contributed by atoms with van der Waals surface area (Å²) in [6.07, 6.45) is 6.57. The third-order valence-electron chi connectivity index (χ3n) is 5.55. The Morgan fingerprint density at radius 1 is 1.07 bits per heavy atom. The molecule has 1 aliphatic heterocycles. The number of carbonyl (C=O) groups excluding carboxylic acids is 1. The SMILES string of the molecule is COc1ccc(NC(=O)N2CCN(c3ccccn3)CC2)cc1OC1CCCC1. The van der Waals surface area contributed by atoms with Gasteiger partial charge in [-0.15, -0.1) is 0 Å². The number of urea groups is 1. The van der Waals surface area contributed by atoms with Gasteiger partial charge in [0.1, 0.15) is 5.82 Å². The van der Waals surface area contributed by atoms with Crippen molar-refractivity contribution >= 4 is 17.5 Å². The first-order valence-corrected chi connectivity index (χ1v) is 10.3. The van der Waals surface area contributed by atoms with E-state index < -0.39 is 0 Å². The Morgan fingerprint density at radius 3 is 2.55 bits per heavy atom. The fourth-order valence-electron chi connectivity index (χ4n) is 3.91. The lowest BCUT2D eigenvalue weighted by Gasteiger charge is -2.35. The molecule has 1 aromatic carbocycles. The average Bonchev–Trinajstić information content (AvgIpc) is 3.28. The zero-order chi connectivity index (χ0) is 20.1. The van der Waals surface area contributed by atoms with Gasteiger partial charge in [-0.2, -0.15) is 0 Å². The minimum Gasteiger partial charge on any atom is -0.493 e. The van der Waals surface area contributed by atoms with Crippen molar-refractivity contribution in [3.63, 3.8) is 0 Å². The Morgan fingerprint density at radius 2 is 1.86 bits per heavy atom. The number of benzene rings is 1. The molecule has 4 rings (SSSR count). The number of ether oxygens (including phenoxy) is 2. The van der Waals surface area contributed by atoms with Crippen LogP contribution >= 0.6 is 0 Å². The molecule has 1 N–H and O–H groups in total. The molecule has 2 amide bonds. The van der Waals surface area contributed by atoms with Gasteiger partial charge in [-0.1, -0.05) is 6.07 Å². The van der Waals surface area contributed by atoms with Crippen molar-refractivity contribution in [1.82, 2.24) is 9.88 Å². The molecule has 1 saturated carbocycles. The highest BCUT2D eigenvalue weighted by atomic mass is 16.5. The summed E-state index contributed by atoms with van der Waals surface area (Å²) in [6.45, 7) is 2.85. The second-order valence-electron chi connectivity index (χ2n) is 7.48. The maximum absolute atomic E-state index is 12.7. The molecule has 0 bridgehead atoms. The molecule has 2 aromatic rings. The predicted molar refractivity (Wildman–Crippen MR) is 113 cm³/mol. The molecule has 2 aliphatic rings. The molecule has 0 radical (unpaired) electrons. The van der Waals surface area contributed by atoms with Crippen molar-refractivity contribution in [2.24, 2.45) is 0 Å². The standard InChI is InChI=1S/C22H28N4O3/c1-28-19-10-9-17(16-20(19)29-18-6-2-3-7-18)24-22(27)26-14-12-25(13-15-26)21-8-4-5-11-23-21/h4-5,8-11,16,18H,2-3,6-7,12-15H2,1H3,(H,24,27). The molecular weight excluding hydrogens is 368 g/mol. The first-order chi connectivity index (χ1) is 14.2. The summed E-state index contributed by atoms with van der Waals surface area (Å²) in [5.74, 6) is 2.34. The molecule has 0 unspecified atom stereocenters. The molecule has 1 saturated heterocycles. The number of nitrogens with zero attached hydrogens (tertiary/aromatic N) is 3. The maximum Gasteiger partial charge on any atom is 0.321 e. The minimum absolute atomic E-state index is 0.0948. The van der Waals surface area contributed by atoms with Crippen LogP contribution < -0.4 is 19.7 Å². The van der Waals surface area contributed by atoms with Gasteiger partial charge in [-0.3, -0.25) is 0 Å². The number of pyridine rings is 1. The van der Waals surface area contributed by atoms with Gasteiger partial charge in [0.2, 0.25) is 0 Å². The summed E-state index contributed by atoms with van der Waals surface area (Å²) >= 11 is 0. The van der Waals surface area contributed by atoms with E-state index in [1.807, 2.05) is 41.3 Å². The number of rotatable bonds is 5. The average molecular weight is 396 g/mol.